The van der Waals surface area contributed by atoms with Crippen LogP contribution in [-0.4, -0.2) is 37.1 Å². The highest BCUT2D eigenvalue weighted by atomic mass is 15.3. The predicted molar refractivity (Wildman–Crippen MR) is 82.1 cm³/mol. The molecule has 2 heteroatoms. The first kappa shape index (κ1) is 13.0. The molecule has 19 heavy (non-hydrogen) atoms. The summed E-state index contributed by atoms with van der Waals surface area (Å²) in [6.45, 7) is 9.31. The van der Waals surface area contributed by atoms with Gasteiger partial charge in [-0.2, -0.15) is 0 Å². The third kappa shape index (κ3) is 2.16. The largest absolute Gasteiger partial charge is 0.366 e. The number of hydrogen-bond donors (Lipinski definition) is 0. The maximum atomic E-state index is 2.63. The molecule has 2 atom stereocenters. The van der Waals surface area contributed by atoms with E-state index in [0.717, 1.165) is 18.5 Å². The number of hydrogen-bond acceptors (Lipinski definition) is 2. The lowest BCUT2D eigenvalue weighted by molar-refractivity contribution is 0.292. The normalized spacial score (nSPS) is 26.7. The lowest BCUT2D eigenvalue weighted by Gasteiger charge is -2.34. The highest BCUT2D eigenvalue weighted by molar-refractivity contribution is 5.54. The summed E-state index contributed by atoms with van der Waals surface area (Å²) in [5.41, 5.74) is 4.50. The Labute approximate surface area is 117 Å². The molecule has 104 valence electrons. The molecular weight excluding hydrogens is 232 g/mol. The molecule has 0 radical (unpaired) electrons. The molecule has 2 aliphatic heterocycles. The standard InChI is InChI=1S/C17H26N2/c1-5-13-8-14(6-7-17(13)12(2)3)19-11-15-9-16(19)10-18(15)4/h6-8,12,15-16H,5,9-11H2,1-4H3/t15-,16-/m0/s1. The highest BCUT2D eigenvalue weighted by Crippen LogP contribution is 2.35. The monoisotopic (exact) mass is 258 g/mol. The summed E-state index contributed by atoms with van der Waals surface area (Å²) >= 11 is 0. The van der Waals surface area contributed by atoms with Crippen LogP contribution in [0, 0.1) is 0 Å². The van der Waals surface area contributed by atoms with Gasteiger partial charge in [-0.05, 0) is 49.1 Å². The summed E-state index contributed by atoms with van der Waals surface area (Å²) < 4.78 is 0. The van der Waals surface area contributed by atoms with Gasteiger partial charge in [0.2, 0.25) is 0 Å². The van der Waals surface area contributed by atoms with E-state index in [2.05, 4.69) is 55.8 Å². The van der Waals surface area contributed by atoms with Crippen LogP contribution in [0.25, 0.3) is 0 Å². The first-order valence-electron chi connectivity index (χ1n) is 7.69. The third-order valence-electron chi connectivity index (χ3n) is 4.98. The average Bonchev–Trinajstić information content (AvgIpc) is 2.96. The molecule has 1 aromatic carbocycles. The number of benzene rings is 1. The molecule has 0 aliphatic carbocycles. The molecule has 2 saturated heterocycles. The van der Waals surface area contributed by atoms with Gasteiger partial charge >= 0.3 is 0 Å². The van der Waals surface area contributed by atoms with E-state index in [0.29, 0.717) is 5.92 Å². The minimum Gasteiger partial charge on any atom is -0.366 e. The molecule has 2 fully saturated rings. The van der Waals surface area contributed by atoms with Crippen LogP contribution < -0.4 is 4.90 Å². The van der Waals surface area contributed by atoms with Gasteiger partial charge in [-0.15, -0.1) is 0 Å². The van der Waals surface area contributed by atoms with E-state index >= 15 is 0 Å². The van der Waals surface area contributed by atoms with E-state index in [9.17, 15) is 0 Å². The Morgan fingerprint density at radius 2 is 2.00 bits per heavy atom. The Hall–Kier alpha value is -1.02. The van der Waals surface area contributed by atoms with Gasteiger partial charge in [0.15, 0.2) is 0 Å². The van der Waals surface area contributed by atoms with Crippen molar-refractivity contribution in [2.75, 3.05) is 25.0 Å². The second-order valence-electron chi connectivity index (χ2n) is 6.53. The maximum Gasteiger partial charge on any atom is 0.0433 e. The van der Waals surface area contributed by atoms with Crippen LogP contribution >= 0.6 is 0 Å². The topological polar surface area (TPSA) is 6.48 Å². The summed E-state index contributed by atoms with van der Waals surface area (Å²) in [7, 11) is 2.27. The number of aryl methyl sites for hydroxylation is 1. The van der Waals surface area contributed by atoms with Gasteiger partial charge in [0, 0.05) is 30.9 Å². The fourth-order valence-electron chi connectivity index (χ4n) is 3.82. The number of nitrogens with zero attached hydrogens (tertiary/aromatic N) is 2. The van der Waals surface area contributed by atoms with E-state index in [1.807, 2.05) is 0 Å². The van der Waals surface area contributed by atoms with Gasteiger partial charge in [-0.25, -0.2) is 0 Å². The van der Waals surface area contributed by atoms with Crippen molar-refractivity contribution in [2.24, 2.45) is 0 Å². The van der Waals surface area contributed by atoms with E-state index in [1.54, 1.807) is 0 Å². The van der Waals surface area contributed by atoms with Crippen molar-refractivity contribution in [3.8, 4) is 0 Å². The van der Waals surface area contributed by atoms with E-state index in [1.165, 1.54) is 36.3 Å². The molecule has 2 heterocycles. The minimum absolute atomic E-state index is 0.630. The molecule has 2 aliphatic rings. The number of anilines is 1. The lowest BCUT2D eigenvalue weighted by Crippen LogP contribution is -2.44. The zero-order chi connectivity index (χ0) is 13.6. The summed E-state index contributed by atoms with van der Waals surface area (Å²) in [4.78, 5) is 5.15. The van der Waals surface area contributed by atoms with Crippen molar-refractivity contribution < 1.29 is 0 Å². The zero-order valence-corrected chi connectivity index (χ0v) is 12.7. The molecule has 2 nitrogen and oxygen atoms in total. The Bertz CT molecular complexity index is 464. The van der Waals surface area contributed by atoms with Gasteiger partial charge in [-0.3, -0.25) is 4.90 Å². The van der Waals surface area contributed by atoms with Crippen molar-refractivity contribution >= 4 is 5.69 Å². The van der Waals surface area contributed by atoms with E-state index < -0.39 is 0 Å². The summed E-state index contributed by atoms with van der Waals surface area (Å²) in [5.74, 6) is 0.630. The first-order valence-corrected chi connectivity index (χ1v) is 7.69. The van der Waals surface area contributed by atoms with Crippen LogP contribution in [0.15, 0.2) is 18.2 Å². The van der Waals surface area contributed by atoms with Crippen molar-refractivity contribution in [3.63, 3.8) is 0 Å². The van der Waals surface area contributed by atoms with Crippen LogP contribution in [0.5, 0.6) is 0 Å². The SMILES string of the molecule is CCc1cc(N2C[C@@H]3C[C@H]2CN3C)ccc1C(C)C. The number of piperazine rings is 1. The molecule has 1 aromatic rings. The predicted octanol–water partition coefficient (Wildman–Crippen LogP) is 3.27. The summed E-state index contributed by atoms with van der Waals surface area (Å²) in [6.07, 6.45) is 2.49. The lowest BCUT2D eigenvalue weighted by atomic mass is 9.95. The summed E-state index contributed by atoms with van der Waals surface area (Å²) in [6, 6.07) is 8.66. The van der Waals surface area contributed by atoms with Crippen LogP contribution in [0.3, 0.4) is 0 Å². The average molecular weight is 258 g/mol. The Balaban J connectivity index is 1.87. The molecule has 3 rings (SSSR count). The molecule has 0 unspecified atom stereocenters. The van der Waals surface area contributed by atoms with E-state index in [-0.39, 0.29) is 0 Å². The Morgan fingerprint density at radius 3 is 2.53 bits per heavy atom. The summed E-state index contributed by atoms with van der Waals surface area (Å²) in [5, 5.41) is 0. The van der Waals surface area contributed by atoms with Gasteiger partial charge in [0.05, 0.1) is 0 Å². The van der Waals surface area contributed by atoms with Crippen LogP contribution in [0.4, 0.5) is 5.69 Å². The molecule has 0 N–H and O–H groups in total. The minimum atomic E-state index is 0.630. The fourth-order valence-corrected chi connectivity index (χ4v) is 3.82. The van der Waals surface area contributed by atoms with Gasteiger partial charge in [0.25, 0.3) is 0 Å². The quantitative estimate of drug-likeness (QED) is 0.821. The second kappa shape index (κ2) is 4.82. The molecule has 0 saturated carbocycles. The third-order valence-corrected chi connectivity index (χ3v) is 4.98. The van der Waals surface area contributed by atoms with E-state index in [4.69, 9.17) is 0 Å². The number of likely N-dealkylation sites (tertiary alicyclic amines) is 1. The number of rotatable bonds is 3. The van der Waals surface area contributed by atoms with Gasteiger partial charge in [0.1, 0.15) is 0 Å². The molecule has 0 aromatic heterocycles. The van der Waals surface area contributed by atoms with Crippen LogP contribution in [0.1, 0.15) is 44.2 Å². The smallest absolute Gasteiger partial charge is 0.0433 e. The number of likely N-dealkylation sites (N-methyl/N-ethyl adjacent to an activating group) is 1. The molecular formula is C17H26N2. The van der Waals surface area contributed by atoms with Crippen LogP contribution in [0.2, 0.25) is 0 Å². The maximum absolute atomic E-state index is 2.63. The molecule has 0 amide bonds. The van der Waals surface area contributed by atoms with Crippen LogP contribution in [-0.2, 0) is 6.42 Å². The van der Waals surface area contributed by atoms with Crippen molar-refractivity contribution in [1.29, 1.82) is 0 Å². The number of fused-ring (bicyclic) bond motifs is 2. The first-order chi connectivity index (χ1) is 9.10. The van der Waals surface area contributed by atoms with Crippen molar-refractivity contribution in [1.82, 2.24) is 4.90 Å². The van der Waals surface area contributed by atoms with Gasteiger partial charge < -0.3 is 4.90 Å². The Morgan fingerprint density at radius 1 is 1.21 bits per heavy atom. The second-order valence-corrected chi connectivity index (χ2v) is 6.53. The molecule has 0 spiro atoms. The Kier molecular flexibility index (Phi) is 3.30. The van der Waals surface area contributed by atoms with Crippen molar-refractivity contribution in [2.45, 2.75) is 51.6 Å². The fraction of sp³-hybridized carbons (Fsp3) is 0.647. The zero-order valence-electron chi connectivity index (χ0n) is 12.7. The van der Waals surface area contributed by atoms with Crippen molar-refractivity contribution in [3.05, 3.63) is 29.3 Å². The highest BCUT2D eigenvalue weighted by Gasteiger charge is 2.41. The molecule has 2 bridgehead atoms. The van der Waals surface area contributed by atoms with Gasteiger partial charge in [-0.1, -0.05) is 26.8 Å².